The highest BCUT2D eigenvalue weighted by molar-refractivity contribution is 5.98. The average molecular weight is 493 g/mol. The number of ether oxygens (including phenoxy) is 1. The van der Waals surface area contributed by atoms with E-state index in [0.29, 0.717) is 24.0 Å². The van der Waals surface area contributed by atoms with Gasteiger partial charge in [-0.2, -0.15) is 31.4 Å². The maximum absolute atomic E-state index is 13.5. The molecule has 0 bridgehead atoms. The largest absolute Gasteiger partial charge is 0.435 e. The third-order valence-corrected chi connectivity index (χ3v) is 6.63. The van der Waals surface area contributed by atoms with Gasteiger partial charge >= 0.3 is 12.4 Å². The first-order valence-corrected chi connectivity index (χ1v) is 11.0. The standard InChI is InChI=1S/C25H21F6N3O/c1-23(9-10-35-19(13-23)18-12-20(34-33-18)25(29,30)31)22-21(16-7-2-3-8-17(16)32-22)14-5-4-6-15(11-14)24(26,27)28/h2-8,11-12,19,32H,9-10,13H2,1H3,(H,33,34). The summed E-state index contributed by atoms with van der Waals surface area (Å²) in [6, 6.07) is 13.4. The van der Waals surface area contributed by atoms with E-state index in [0.717, 1.165) is 34.8 Å². The summed E-state index contributed by atoms with van der Waals surface area (Å²) in [5, 5.41) is 6.58. The fourth-order valence-corrected chi connectivity index (χ4v) is 4.82. The number of nitrogens with zero attached hydrogens (tertiary/aromatic N) is 1. The number of hydrogen-bond donors (Lipinski definition) is 2. The van der Waals surface area contributed by atoms with Crippen LogP contribution in [0.3, 0.4) is 0 Å². The maximum Gasteiger partial charge on any atom is 0.435 e. The van der Waals surface area contributed by atoms with Gasteiger partial charge in [-0.15, -0.1) is 0 Å². The van der Waals surface area contributed by atoms with Crippen molar-refractivity contribution in [2.45, 2.75) is 43.6 Å². The highest BCUT2D eigenvalue weighted by atomic mass is 19.4. The van der Waals surface area contributed by atoms with Crippen molar-refractivity contribution in [3.63, 3.8) is 0 Å². The summed E-state index contributed by atoms with van der Waals surface area (Å²) in [5.41, 5.74) is 0.363. The van der Waals surface area contributed by atoms with E-state index in [1.54, 1.807) is 6.07 Å². The molecule has 4 nitrogen and oxygen atoms in total. The van der Waals surface area contributed by atoms with Crippen molar-refractivity contribution in [2.75, 3.05) is 6.61 Å². The van der Waals surface area contributed by atoms with E-state index in [1.165, 1.54) is 6.07 Å². The highest BCUT2D eigenvalue weighted by Gasteiger charge is 2.41. The molecule has 0 aliphatic carbocycles. The number of fused-ring (bicyclic) bond motifs is 1. The van der Waals surface area contributed by atoms with Crippen molar-refractivity contribution in [2.24, 2.45) is 0 Å². The Morgan fingerprint density at radius 3 is 2.46 bits per heavy atom. The van der Waals surface area contributed by atoms with Gasteiger partial charge < -0.3 is 9.72 Å². The van der Waals surface area contributed by atoms with Crippen molar-refractivity contribution in [3.05, 3.63) is 77.2 Å². The fraction of sp³-hybridized carbons (Fsp3) is 0.320. The molecule has 2 N–H and O–H groups in total. The molecule has 0 spiro atoms. The van der Waals surface area contributed by atoms with Crippen LogP contribution >= 0.6 is 0 Å². The minimum Gasteiger partial charge on any atom is -0.372 e. The molecular formula is C25H21F6N3O. The molecule has 0 radical (unpaired) electrons. The van der Waals surface area contributed by atoms with Crippen molar-refractivity contribution in [1.29, 1.82) is 0 Å². The second-order valence-corrected chi connectivity index (χ2v) is 9.08. The number of H-pyrrole nitrogens is 2. The Morgan fingerprint density at radius 2 is 1.74 bits per heavy atom. The molecule has 0 saturated carbocycles. The Bertz CT molecular complexity index is 1370. The van der Waals surface area contributed by atoms with Gasteiger partial charge in [0, 0.05) is 34.2 Å². The van der Waals surface area contributed by atoms with Gasteiger partial charge in [-0.3, -0.25) is 5.10 Å². The number of para-hydroxylation sites is 1. The molecule has 1 aliphatic rings. The summed E-state index contributed by atoms with van der Waals surface area (Å²) in [6.07, 6.45) is -8.92. The molecule has 184 valence electrons. The monoisotopic (exact) mass is 493 g/mol. The van der Waals surface area contributed by atoms with Crippen molar-refractivity contribution >= 4 is 10.9 Å². The third-order valence-electron chi connectivity index (χ3n) is 6.63. The topological polar surface area (TPSA) is 53.7 Å². The van der Waals surface area contributed by atoms with E-state index in [9.17, 15) is 26.3 Å². The van der Waals surface area contributed by atoms with Gasteiger partial charge in [-0.25, -0.2) is 0 Å². The van der Waals surface area contributed by atoms with Crippen molar-refractivity contribution in [1.82, 2.24) is 15.2 Å². The molecule has 0 amide bonds. The molecule has 1 fully saturated rings. The van der Waals surface area contributed by atoms with Crippen LogP contribution in [0, 0.1) is 0 Å². The lowest BCUT2D eigenvalue weighted by Gasteiger charge is -2.38. The summed E-state index contributed by atoms with van der Waals surface area (Å²) in [6.45, 7) is 2.21. The minimum atomic E-state index is -4.58. The second kappa shape index (κ2) is 8.15. The smallest absolute Gasteiger partial charge is 0.372 e. The molecule has 2 atom stereocenters. The Morgan fingerprint density at radius 1 is 0.971 bits per heavy atom. The summed E-state index contributed by atoms with van der Waals surface area (Å²) in [7, 11) is 0. The number of nitrogens with one attached hydrogen (secondary N) is 2. The molecule has 1 aliphatic heterocycles. The van der Waals surface area contributed by atoms with Gasteiger partial charge in [0.05, 0.1) is 17.4 Å². The summed E-state index contributed by atoms with van der Waals surface area (Å²) >= 11 is 0. The van der Waals surface area contributed by atoms with Crippen LogP contribution < -0.4 is 0 Å². The number of aromatic nitrogens is 3. The maximum atomic E-state index is 13.5. The molecule has 2 unspecified atom stereocenters. The van der Waals surface area contributed by atoms with Crippen LogP contribution in [0.5, 0.6) is 0 Å². The normalized spacial score (nSPS) is 21.5. The molecule has 10 heteroatoms. The van der Waals surface area contributed by atoms with E-state index >= 15 is 0 Å². The fourth-order valence-electron chi connectivity index (χ4n) is 4.82. The molecule has 2 aromatic carbocycles. The molecular weight excluding hydrogens is 472 g/mol. The van der Waals surface area contributed by atoms with Crippen molar-refractivity contribution in [3.8, 4) is 11.1 Å². The first kappa shape index (κ1) is 23.5. The summed E-state index contributed by atoms with van der Waals surface area (Å²) < 4.78 is 85.3. The van der Waals surface area contributed by atoms with Crippen LogP contribution in [-0.2, 0) is 22.5 Å². The first-order valence-electron chi connectivity index (χ1n) is 11.0. The van der Waals surface area contributed by atoms with Gasteiger partial charge in [0.25, 0.3) is 0 Å². The predicted molar refractivity (Wildman–Crippen MR) is 118 cm³/mol. The minimum absolute atomic E-state index is 0.208. The van der Waals surface area contributed by atoms with E-state index in [1.807, 2.05) is 31.2 Å². The number of alkyl halides is 6. The van der Waals surface area contributed by atoms with Gasteiger partial charge in [-0.1, -0.05) is 37.3 Å². The predicted octanol–water partition coefficient (Wildman–Crippen LogP) is 7.41. The zero-order chi connectivity index (χ0) is 25.0. The lowest BCUT2D eigenvalue weighted by atomic mass is 9.74. The molecule has 4 aromatic rings. The SMILES string of the molecule is CC1(c2[nH]c3ccccc3c2-c2cccc(C(F)(F)F)c2)CCOC(c2cc(C(F)(F)F)n[nH]2)C1. The van der Waals surface area contributed by atoms with Crippen molar-refractivity contribution < 1.29 is 31.1 Å². The molecule has 3 heterocycles. The quantitative estimate of drug-likeness (QED) is 0.292. The highest BCUT2D eigenvalue weighted by Crippen LogP contribution is 2.48. The van der Waals surface area contributed by atoms with Crippen LogP contribution in [0.4, 0.5) is 26.3 Å². The van der Waals surface area contributed by atoms with E-state index in [2.05, 4.69) is 15.2 Å². The molecule has 35 heavy (non-hydrogen) atoms. The van der Waals surface area contributed by atoms with Crippen LogP contribution in [0.15, 0.2) is 54.6 Å². The summed E-state index contributed by atoms with van der Waals surface area (Å²) in [5.74, 6) is 0. The van der Waals surface area contributed by atoms with Gasteiger partial charge in [-0.05, 0) is 42.7 Å². The number of aromatic amines is 2. The average Bonchev–Trinajstić information content (AvgIpc) is 3.45. The Labute approximate surface area is 196 Å². The Balaban J connectivity index is 1.60. The van der Waals surface area contributed by atoms with Gasteiger partial charge in [0.15, 0.2) is 5.69 Å². The molecule has 5 rings (SSSR count). The zero-order valence-corrected chi connectivity index (χ0v) is 18.5. The Hall–Kier alpha value is -3.27. The Kier molecular flexibility index (Phi) is 5.47. The number of benzene rings is 2. The zero-order valence-electron chi connectivity index (χ0n) is 18.5. The lowest BCUT2D eigenvalue weighted by Crippen LogP contribution is -2.33. The second-order valence-electron chi connectivity index (χ2n) is 9.08. The van der Waals surface area contributed by atoms with E-state index in [4.69, 9.17) is 4.74 Å². The number of rotatable bonds is 3. The number of halogens is 6. The lowest BCUT2D eigenvalue weighted by molar-refractivity contribution is -0.141. The van der Waals surface area contributed by atoms with Gasteiger partial charge in [0.2, 0.25) is 0 Å². The van der Waals surface area contributed by atoms with Crippen LogP contribution in [0.25, 0.3) is 22.0 Å². The van der Waals surface area contributed by atoms with E-state index in [-0.39, 0.29) is 12.3 Å². The van der Waals surface area contributed by atoms with Crippen LogP contribution in [0.2, 0.25) is 0 Å². The molecule has 2 aromatic heterocycles. The number of hydrogen-bond acceptors (Lipinski definition) is 2. The summed E-state index contributed by atoms with van der Waals surface area (Å²) in [4.78, 5) is 3.39. The first-order chi connectivity index (χ1) is 16.5. The van der Waals surface area contributed by atoms with Crippen LogP contribution in [0.1, 0.15) is 48.5 Å². The van der Waals surface area contributed by atoms with Gasteiger partial charge in [0.1, 0.15) is 0 Å². The van der Waals surface area contributed by atoms with E-state index < -0.39 is 35.1 Å². The van der Waals surface area contributed by atoms with Crippen LogP contribution in [-0.4, -0.2) is 21.8 Å². The third kappa shape index (κ3) is 4.31. The molecule has 1 saturated heterocycles.